The lowest BCUT2D eigenvalue weighted by Gasteiger charge is -2.25. The molecule has 1 aliphatic rings. The summed E-state index contributed by atoms with van der Waals surface area (Å²) < 4.78 is 11.4. The standard InChI is InChI=1S/C15H22ClNO2/c1-11-9-13(16)3-4-14(11)19-15(6-8-18-2)12-5-7-17-10-12/h3-4,9,12,15,17H,5-8,10H2,1-2H3. The molecule has 2 rings (SSSR count). The highest BCUT2D eigenvalue weighted by Gasteiger charge is 2.26. The van der Waals surface area contributed by atoms with Crippen LogP contribution in [0.15, 0.2) is 18.2 Å². The van der Waals surface area contributed by atoms with E-state index in [4.69, 9.17) is 21.1 Å². The predicted octanol–water partition coefficient (Wildman–Crippen LogP) is 3.04. The Labute approximate surface area is 120 Å². The minimum absolute atomic E-state index is 0.204. The van der Waals surface area contributed by atoms with Gasteiger partial charge in [-0.2, -0.15) is 0 Å². The number of aryl methyl sites for hydroxylation is 1. The number of methoxy groups -OCH3 is 1. The van der Waals surface area contributed by atoms with Gasteiger partial charge in [-0.15, -0.1) is 0 Å². The number of hydrogen-bond donors (Lipinski definition) is 1. The second-order valence-electron chi connectivity index (χ2n) is 5.10. The summed E-state index contributed by atoms with van der Waals surface area (Å²) in [5.41, 5.74) is 1.08. The second kappa shape index (κ2) is 7.13. The van der Waals surface area contributed by atoms with Crippen LogP contribution < -0.4 is 10.1 Å². The van der Waals surface area contributed by atoms with E-state index in [0.29, 0.717) is 5.92 Å². The third-order valence-corrected chi connectivity index (χ3v) is 3.88. The molecule has 2 unspecified atom stereocenters. The quantitative estimate of drug-likeness (QED) is 0.870. The van der Waals surface area contributed by atoms with Crippen LogP contribution in [0.25, 0.3) is 0 Å². The van der Waals surface area contributed by atoms with E-state index in [-0.39, 0.29) is 6.10 Å². The topological polar surface area (TPSA) is 30.5 Å². The Kier molecular flexibility index (Phi) is 5.49. The first-order valence-corrected chi connectivity index (χ1v) is 7.21. The van der Waals surface area contributed by atoms with Gasteiger partial charge in [0.25, 0.3) is 0 Å². The van der Waals surface area contributed by atoms with E-state index in [0.717, 1.165) is 42.5 Å². The molecule has 1 fully saturated rings. The number of benzene rings is 1. The first-order valence-electron chi connectivity index (χ1n) is 6.83. The van der Waals surface area contributed by atoms with Gasteiger partial charge in [-0.25, -0.2) is 0 Å². The summed E-state index contributed by atoms with van der Waals surface area (Å²) in [4.78, 5) is 0. The maximum absolute atomic E-state index is 6.21. The molecule has 1 aromatic carbocycles. The Morgan fingerprint density at radius 3 is 2.95 bits per heavy atom. The SMILES string of the molecule is COCCC(Oc1ccc(Cl)cc1C)C1CCNC1. The van der Waals surface area contributed by atoms with Gasteiger partial charge < -0.3 is 14.8 Å². The second-order valence-corrected chi connectivity index (χ2v) is 5.54. The smallest absolute Gasteiger partial charge is 0.122 e. The van der Waals surface area contributed by atoms with Crippen molar-refractivity contribution in [3.8, 4) is 5.75 Å². The molecule has 0 aromatic heterocycles. The van der Waals surface area contributed by atoms with Crippen LogP contribution in [0.5, 0.6) is 5.75 Å². The van der Waals surface area contributed by atoms with Gasteiger partial charge in [-0.3, -0.25) is 0 Å². The van der Waals surface area contributed by atoms with Gasteiger partial charge >= 0.3 is 0 Å². The van der Waals surface area contributed by atoms with Gasteiger partial charge in [0.05, 0.1) is 0 Å². The van der Waals surface area contributed by atoms with Gasteiger partial charge in [-0.05, 0) is 43.7 Å². The van der Waals surface area contributed by atoms with Gasteiger partial charge in [-0.1, -0.05) is 11.6 Å². The minimum Gasteiger partial charge on any atom is -0.490 e. The molecule has 1 aromatic rings. The zero-order valence-electron chi connectivity index (χ0n) is 11.6. The predicted molar refractivity (Wildman–Crippen MR) is 78.1 cm³/mol. The third kappa shape index (κ3) is 4.10. The highest BCUT2D eigenvalue weighted by molar-refractivity contribution is 6.30. The molecule has 1 N–H and O–H groups in total. The number of ether oxygens (including phenoxy) is 2. The highest BCUT2D eigenvalue weighted by Crippen LogP contribution is 2.27. The molecule has 1 saturated heterocycles. The average Bonchev–Trinajstić information content (AvgIpc) is 2.90. The zero-order valence-corrected chi connectivity index (χ0v) is 12.4. The van der Waals surface area contributed by atoms with Gasteiger partial charge in [0.2, 0.25) is 0 Å². The summed E-state index contributed by atoms with van der Waals surface area (Å²) >= 11 is 5.98. The summed E-state index contributed by atoms with van der Waals surface area (Å²) in [6, 6.07) is 5.78. The third-order valence-electron chi connectivity index (χ3n) is 3.65. The molecule has 0 spiro atoms. The summed E-state index contributed by atoms with van der Waals surface area (Å²) in [6.07, 6.45) is 2.29. The van der Waals surface area contributed by atoms with Gasteiger partial charge in [0.15, 0.2) is 0 Å². The van der Waals surface area contributed by atoms with Gasteiger partial charge in [0, 0.05) is 37.6 Å². The molecule has 1 aliphatic heterocycles. The minimum atomic E-state index is 0.204. The molecule has 0 bridgehead atoms. The maximum Gasteiger partial charge on any atom is 0.122 e. The Morgan fingerprint density at radius 1 is 1.47 bits per heavy atom. The molecular weight excluding hydrogens is 262 g/mol. The van der Waals surface area contributed by atoms with Crippen molar-refractivity contribution in [2.75, 3.05) is 26.8 Å². The average molecular weight is 284 g/mol. The first-order chi connectivity index (χ1) is 9.20. The summed E-state index contributed by atoms with van der Waals surface area (Å²) in [7, 11) is 1.73. The van der Waals surface area contributed by atoms with E-state index in [1.165, 1.54) is 6.42 Å². The normalized spacial score (nSPS) is 20.5. The van der Waals surface area contributed by atoms with E-state index in [1.807, 2.05) is 25.1 Å². The Balaban J connectivity index is 2.05. The van der Waals surface area contributed by atoms with Crippen LogP contribution in [0.1, 0.15) is 18.4 Å². The zero-order chi connectivity index (χ0) is 13.7. The highest BCUT2D eigenvalue weighted by atomic mass is 35.5. The van der Waals surface area contributed by atoms with Crippen molar-refractivity contribution in [3.63, 3.8) is 0 Å². The lowest BCUT2D eigenvalue weighted by atomic mass is 9.99. The molecule has 106 valence electrons. The first kappa shape index (κ1) is 14.6. The van der Waals surface area contributed by atoms with Gasteiger partial charge in [0.1, 0.15) is 11.9 Å². The summed E-state index contributed by atoms with van der Waals surface area (Å²) in [6.45, 7) is 4.87. The fourth-order valence-corrected chi connectivity index (χ4v) is 2.75. The number of rotatable bonds is 6. The van der Waals surface area contributed by atoms with E-state index in [9.17, 15) is 0 Å². The molecular formula is C15H22ClNO2. The lowest BCUT2D eigenvalue weighted by Crippen LogP contribution is -2.30. The molecule has 19 heavy (non-hydrogen) atoms. The van der Waals surface area contributed by atoms with Crippen molar-refractivity contribution in [3.05, 3.63) is 28.8 Å². The monoisotopic (exact) mass is 283 g/mol. The van der Waals surface area contributed by atoms with E-state index < -0.39 is 0 Å². The molecule has 0 radical (unpaired) electrons. The lowest BCUT2D eigenvalue weighted by molar-refractivity contribution is 0.0906. The van der Waals surface area contributed by atoms with Crippen LogP contribution >= 0.6 is 11.6 Å². The fraction of sp³-hybridized carbons (Fsp3) is 0.600. The summed E-state index contributed by atoms with van der Waals surface area (Å²) in [5.74, 6) is 1.49. The van der Waals surface area contributed by atoms with Crippen molar-refractivity contribution in [2.45, 2.75) is 25.9 Å². The Bertz CT molecular complexity index is 405. The van der Waals surface area contributed by atoms with E-state index in [1.54, 1.807) is 7.11 Å². The Hall–Kier alpha value is -0.770. The molecule has 1 heterocycles. The maximum atomic E-state index is 6.21. The number of hydrogen-bond acceptors (Lipinski definition) is 3. The van der Waals surface area contributed by atoms with Crippen LogP contribution in [0.3, 0.4) is 0 Å². The van der Waals surface area contributed by atoms with E-state index in [2.05, 4.69) is 5.32 Å². The molecule has 4 heteroatoms. The summed E-state index contributed by atoms with van der Waals surface area (Å²) in [5, 5.41) is 4.15. The van der Waals surface area contributed by atoms with Crippen LogP contribution in [-0.4, -0.2) is 32.9 Å². The molecule has 0 amide bonds. The molecule has 0 aliphatic carbocycles. The van der Waals surface area contributed by atoms with Crippen LogP contribution in [0.2, 0.25) is 5.02 Å². The Morgan fingerprint density at radius 2 is 2.32 bits per heavy atom. The van der Waals surface area contributed by atoms with Crippen molar-refractivity contribution in [1.29, 1.82) is 0 Å². The molecule has 0 saturated carbocycles. The van der Waals surface area contributed by atoms with Crippen LogP contribution in [0, 0.1) is 12.8 Å². The molecule has 2 atom stereocenters. The molecule has 3 nitrogen and oxygen atoms in total. The number of halogens is 1. The number of nitrogens with one attached hydrogen (secondary N) is 1. The van der Waals surface area contributed by atoms with Crippen molar-refractivity contribution < 1.29 is 9.47 Å². The van der Waals surface area contributed by atoms with Crippen LogP contribution in [0.4, 0.5) is 0 Å². The largest absolute Gasteiger partial charge is 0.490 e. The van der Waals surface area contributed by atoms with Crippen molar-refractivity contribution >= 4 is 11.6 Å². The van der Waals surface area contributed by atoms with Crippen molar-refractivity contribution in [2.24, 2.45) is 5.92 Å². The van der Waals surface area contributed by atoms with Crippen LogP contribution in [-0.2, 0) is 4.74 Å². The van der Waals surface area contributed by atoms with Crippen molar-refractivity contribution in [1.82, 2.24) is 5.32 Å². The fourth-order valence-electron chi connectivity index (χ4n) is 2.53. The van der Waals surface area contributed by atoms with E-state index >= 15 is 0 Å².